The Kier molecular flexibility index (Phi) is 8.20. The quantitative estimate of drug-likeness (QED) is 0.392. The summed E-state index contributed by atoms with van der Waals surface area (Å²) in [5.74, 6) is 0. The Labute approximate surface area is 183 Å². The molecule has 4 rings (SSSR count). The molecule has 4 aromatic rings. The molecule has 0 saturated heterocycles. The first-order valence-corrected chi connectivity index (χ1v) is 9.26. The van der Waals surface area contributed by atoms with Crippen molar-refractivity contribution in [1.29, 1.82) is 0 Å². The summed E-state index contributed by atoms with van der Waals surface area (Å²) in [5.41, 5.74) is 7.83. The molecule has 0 fully saturated rings. The minimum atomic E-state index is 0. The summed E-state index contributed by atoms with van der Waals surface area (Å²) in [6.07, 6.45) is 0. The molecule has 0 aliphatic rings. The number of hydrogen-bond donors (Lipinski definition) is 0. The number of pyridine rings is 4. The largest absolute Gasteiger partial charge is 2.00 e. The van der Waals surface area contributed by atoms with E-state index in [1.165, 1.54) is 0 Å². The molecule has 4 nitrogen and oxygen atoms in total. The average molecular weight is 432 g/mol. The van der Waals surface area contributed by atoms with Crippen molar-refractivity contribution >= 4 is 0 Å². The van der Waals surface area contributed by atoms with Gasteiger partial charge in [0.05, 0.1) is 22.8 Å². The third-order valence-corrected chi connectivity index (χ3v) is 4.08. The molecule has 0 N–H and O–H groups in total. The van der Waals surface area contributed by atoms with E-state index in [2.05, 4.69) is 19.9 Å². The van der Waals surface area contributed by atoms with Gasteiger partial charge in [-0.1, -0.05) is 24.3 Å². The maximum atomic E-state index is 4.42. The Morgan fingerprint density at radius 1 is 0.379 bits per heavy atom. The molecule has 0 aromatic carbocycles. The molecule has 1 radical (unpaired) electrons. The first-order valence-electron chi connectivity index (χ1n) is 9.26. The van der Waals surface area contributed by atoms with E-state index in [1.54, 1.807) is 0 Å². The maximum absolute atomic E-state index is 4.42. The molecular formula is C24H24CuN4+2. The van der Waals surface area contributed by atoms with Crippen molar-refractivity contribution < 1.29 is 17.1 Å². The van der Waals surface area contributed by atoms with Gasteiger partial charge in [-0.05, 0) is 76.2 Å². The van der Waals surface area contributed by atoms with Crippen LogP contribution >= 0.6 is 0 Å². The van der Waals surface area contributed by atoms with Crippen LogP contribution in [0.15, 0.2) is 72.8 Å². The van der Waals surface area contributed by atoms with Gasteiger partial charge in [0.15, 0.2) is 0 Å². The van der Waals surface area contributed by atoms with Gasteiger partial charge in [-0.25, -0.2) is 0 Å². The van der Waals surface area contributed by atoms with Crippen LogP contribution in [0.2, 0.25) is 0 Å². The smallest absolute Gasteiger partial charge is 0.251 e. The molecule has 0 bridgehead atoms. The van der Waals surface area contributed by atoms with Crippen molar-refractivity contribution in [2.24, 2.45) is 0 Å². The van der Waals surface area contributed by atoms with Crippen LogP contribution in [-0.2, 0) is 17.1 Å². The van der Waals surface area contributed by atoms with Crippen molar-refractivity contribution in [2.75, 3.05) is 0 Å². The molecule has 0 amide bonds. The SMILES string of the molecule is Cc1cccc(-c2cccc(C)n2)n1.Cc1cccc(-c2cccc(C)n2)n1.[Cu+2]. The normalized spacial score (nSPS) is 9.79. The monoisotopic (exact) mass is 431 g/mol. The van der Waals surface area contributed by atoms with Gasteiger partial charge in [0, 0.05) is 22.8 Å². The second kappa shape index (κ2) is 10.6. The molecule has 0 aliphatic heterocycles. The molecule has 0 spiro atoms. The van der Waals surface area contributed by atoms with Crippen molar-refractivity contribution in [3.8, 4) is 22.8 Å². The first kappa shape index (κ1) is 22.4. The van der Waals surface area contributed by atoms with Crippen LogP contribution in [-0.4, -0.2) is 19.9 Å². The summed E-state index contributed by atoms with van der Waals surface area (Å²) >= 11 is 0. The Hall–Kier alpha value is -2.88. The number of nitrogens with zero attached hydrogens (tertiary/aromatic N) is 4. The van der Waals surface area contributed by atoms with Gasteiger partial charge in [-0.15, -0.1) is 0 Å². The summed E-state index contributed by atoms with van der Waals surface area (Å²) in [7, 11) is 0. The van der Waals surface area contributed by atoms with E-state index in [4.69, 9.17) is 0 Å². The van der Waals surface area contributed by atoms with E-state index in [0.717, 1.165) is 45.6 Å². The van der Waals surface area contributed by atoms with E-state index in [9.17, 15) is 0 Å². The summed E-state index contributed by atoms with van der Waals surface area (Å²) in [6, 6.07) is 23.9. The van der Waals surface area contributed by atoms with Crippen molar-refractivity contribution in [1.82, 2.24) is 19.9 Å². The van der Waals surface area contributed by atoms with Crippen LogP contribution in [0.4, 0.5) is 0 Å². The predicted molar refractivity (Wildman–Crippen MR) is 114 cm³/mol. The summed E-state index contributed by atoms with van der Waals surface area (Å²) in [4.78, 5) is 17.7. The molecule has 0 aliphatic carbocycles. The second-order valence-electron chi connectivity index (χ2n) is 6.66. The zero-order valence-electron chi connectivity index (χ0n) is 17.0. The van der Waals surface area contributed by atoms with Gasteiger partial charge < -0.3 is 0 Å². The fraction of sp³-hybridized carbons (Fsp3) is 0.167. The number of aromatic nitrogens is 4. The van der Waals surface area contributed by atoms with Crippen molar-refractivity contribution in [3.05, 3.63) is 95.6 Å². The van der Waals surface area contributed by atoms with Gasteiger partial charge in [0.1, 0.15) is 0 Å². The van der Waals surface area contributed by atoms with Crippen molar-refractivity contribution in [2.45, 2.75) is 27.7 Å². The Balaban J connectivity index is 0.000000200. The van der Waals surface area contributed by atoms with E-state index >= 15 is 0 Å². The molecule has 4 aromatic heterocycles. The van der Waals surface area contributed by atoms with Crippen LogP contribution in [0.3, 0.4) is 0 Å². The van der Waals surface area contributed by atoms with Crippen LogP contribution in [0.25, 0.3) is 22.8 Å². The Bertz CT molecular complexity index is 905. The van der Waals surface area contributed by atoms with Gasteiger partial charge in [0.25, 0.3) is 0 Å². The molecular weight excluding hydrogens is 408 g/mol. The second-order valence-corrected chi connectivity index (χ2v) is 6.66. The van der Waals surface area contributed by atoms with Crippen LogP contribution in [0.5, 0.6) is 0 Å². The minimum Gasteiger partial charge on any atom is -0.251 e. The predicted octanol–water partition coefficient (Wildman–Crippen LogP) is 5.52. The summed E-state index contributed by atoms with van der Waals surface area (Å²) in [6.45, 7) is 7.94. The zero-order chi connectivity index (χ0) is 19.9. The van der Waals surface area contributed by atoms with Gasteiger partial charge >= 0.3 is 17.1 Å². The Morgan fingerprint density at radius 2 is 0.586 bits per heavy atom. The molecule has 0 unspecified atom stereocenters. The standard InChI is InChI=1S/2C12H12N2.Cu/c2*1-9-5-3-7-11(13-9)12-8-4-6-10(2)14-12;/h2*3-8H,1-2H3;/q;;+2. The van der Waals surface area contributed by atoms with E-state index in [1.807, 2.05) is 100 Å². The van der Waals surface area contributed by atoms with Crippen LogP contribution in [0, 0.1) is 27.7 Å². The summed E-state index contributed by atoms with van der Waals surface area (Å²) < 4.78 is 0. The van der Waals surface area contributed by atoms with E-state index < -0.39 is 0 Å². The van der Waals surface area contributed by atoms with E-state index in [-0.39, 0.29) is 17.1 Å². The third-order valence-electron chi connectivity index (χ3n) is 4.08. The molecule has 4 heterocycles. The molecule has 149 valence electrons. The fourth-order valence-corrected chi connectivity index (χ4v) is 2.74. The van der Waals surface area contributed by atoms with Crippen LogP contribution < -0.4 is 0 Å². The van der Waals surface area contributed by atoms with Crippen molar-refractivity contribution in [3.63, 3.8) is 0 Å². The number of rotatable bonds is 2. The number of aryl methyl sites for hydroxylation is 4. The molecule has 29 heavy (non-hydrogen) atoms. The fourth-order valence-electron chi connectivity index (χ4n) is 2.74. The van der Waals surface area contributed by atoms with Crippen LogP contribution in [0.1, 0.15) is 22.8 Å². The minimum absolute atomic E-state index is 0. The van der Waals surface area contributed by atoms with Gasteiger partial charge in [0.2, 0.25) is 0 Å². The Morgan fingerprint density at radius 3 is 0.759 bits per heavy atom. The molecule has 0 saturated carbocycles. The average Bonchev–Trinajstić information content (AvgIpc) is 2.69. The summed E-state index contributed by atoms with van der Waals surface area (Å²) in [5, 5.41) is 0. The molecule has 5 heteroatoms. The van der Waals surface area contributed by atoms with Gasteiger partial charge in [-0.3, -0.25) is 19.9 Å². The van der Waals surface area contributed by atoms with Gasteiger partial charge in [-0.2, -0.15) is 0 Å². The third kappa shape index (κ3) is 6.60. The topological polar surface area (TPSA) is 51.6 Å². The zero-order valence-corrected chi connectivity index (χ0v) is 18.0. The first-order chi connectivity index (χ1) is 13.5. The molecule has 0 atom stereocenters. The van der Waals surface area contributed by atoms with E-state index in [0.29, 0.717) is 0 Å². The number of hydrogen-bond acceptors (Lipinski definition) is 4. The maximum Gasteiger partial charge on any atom is 2.00 e.